The fourth-order valence-electron chi connectivity index (χ4n) is 2.45. The van der Waals surface area contributed by atoms with E-state index in [0.29, 0.717) is 18.9 Å². The van der Waals surface area contributed by atoms with Crippen molar-refractivity contribution in [2.75, 3.05) is 12.8 Å². The Morgan fingerprint density at radius 2 is 2.00 bits per heavy atom. The van der Waals surface area contributed by atoms with Crippen LogP contribution in [0, 0.1) is 13.8 Å². The van der Waals surface area contributed by atoms with E-state index in [4.69, 9.17) is 0 Å². The molecule has 0 radical (unpaired) electrons. The van der Waals surface area contributed by atoms with Gasteiger partial charge in [0.05, 0.1) is 11.9 Å². The zero-order valence-corrected chi connectivity index (χ0v) is 14.5. The predicted octanol–water partition coefficient (Wildman–Crippen LogP) is 1.85. The highest BCUT2D eigenvalue weighted by Crippen LogP contribution is 2.38. The molecule has 3 rings (SSSR count). The summed E-state index contributed by atoms with van der Waals surface area (Å²) in [5, 5.41) is 4.66. The molecule has 1 aromatic heterocycles. The number of aromatic nitrogens is 3. The fourth-order valence-corrected chi connectivity index (χ4v) is 2.92. The van der Waals surface area contributed by atoms with Crippen LogP contribution in [0.3, 0.4) is 0 Å². The third kappa shape index (κ3) is 3.97. The van der Waals surface area contributed by atoms with Gasteiger partial charge in [-0.2, -0.15) is 5.10 Å². The highest BCUT2D eigenvalue weighted by Gasteiger charge is 2.29. The number of hydrogen-bond donors (Lipinski definition) is 1. The lowest BCUT2D eigenvalue weighted by Gasteiger charge is -2.08. The van der Waals surface area contributed by atoms with E-state index in [1.165, 1.54) is 11.1 Å². The van der Waals surface area contributed by atoms with Crippen LogP contribution < -0.4 is 4.72 Å². The van der Waals surface area contributed by atoms with Crippen LogP contribution in [0.1, 0.15) is 41.5 Å². The van der Waals surface area contributed by atoms with Crippen molar-refractivity contribution in [3.05, 3.63) is 41.0 Å². The van der Waals surface area contributed by atoms with E-state index >= 15 is 0 Å². The number of aryl methyl sites for hydroxylation is 2. The zero-order valence-electron chi connectivity index (χ0n) is 13.7. The highest BCUT2D eigenvalue weighted by molar-refractivity contribution is 7.88. The van der Waals surface area contributed by atoms with E-state index in [-0.39, 0.29) is 0 Å². The molecule has 1 aromatic carbocycles. The molecule has 1 aliphatic carbocycles. The third-order valence-electron chi connectivity index (χ3n) is 4.08. The Kier molecular flexibility index (Phi) is 4.25. The number of hydrogen-bond acceptors (Lipinski definition) is 4. The Morgan fingerprint density at radius 3 is 2.61 bits per heavy atom. The lowest BCUT2D eigenvalue weighted by Crippen LogP contribution is -2.25. The Morgan fingerprint density at radius 1 is 1.26 bits per heavy atom. The van der Waals surface area contributed by atoms with Crippen molar-refractivity contribution in [2.45, 2.75) is 39.0 Å². The molecular weight excluding hydrogens is 312 g/mol. The van der Waals surface area contributed by atoms with Crippen LogP contribution in [0.5, 0.6) is 0 Å². The monoisotopic (exact) mass is 334 g/mol. The Hall–Kier alpha value is -1.73. The van der Waals surface area contributed by atoms with E-state index in [0.717, 1.165) is 36.4 Å². The molecule has 6 nitrogen and oxygen atoms in total. The van der Waals surface area contributed by atoms with Crippen LogP contribution in [0.4, 0.5) is 0 Å². The van der Waals surface area contributed by atoms with Crippen LogP contribution >= 0.6 is 0 Å². The number of rotatable bonds is 6. The quantitative estimate of drug-likeness (QED) is 0.875. The summed E-state index contributed by atoms with van der Waals surface area (Å²) in [6, 6.07) is 6.19. The summed E-state index contributed by atoms with van der Waals surface area (Å²) in [5.74, 6) is 2.13. The minimum atomic E-state index is -3.19. The maximum absolute atomic E-state index is 11.2. The standard InChI is InChI=1S/C16H22N4O2S/c1-11-4-7-14(10-12(11)2)20-15(8-9-17-23(3,21)22)18-16(19-20)13-5-6-13/h4,7,10,13,17H,5-6,8-9H2,1-3H3. The third-order valence-corrected chi connectivity index (χ3v) is 4.81. The average Bonchev–Trinajstić information content (AvgIpc) is 3.22. The Labute approximate surface area is 137 Å². The topological polar surface area (TPSA) is 76.9 Å². The lowest BCUT2D eigenvalue weighted by molar-refractivity contribution is 0.586. The molecule has 1 N–H and O–H groups in total. The normalized spacial score (nSPS) is 15.1. The minimum absolute atomic E-state index is 0.326. The van der Waals surface area contributed by atoms with Crippen LogP contribution in [0.2, 0.25) is 0 Å². The second-order valence-corrected chi connectivity index (χ2v) is 8.09. The fraction of sp³-hybridized carbons (Fsp3) is 0.500. The summed E-state index contributed by atoms with van der Waals surface area (Å²) < 4.78 is 26.8. The molecule has 23 heavy (non-hydrogen) atoms. The Balaban J connectivity index is 1.89. The van der Waals surface area contributed by atoms with Gasteiger partial charge >= 0.3 is 0 Å². The SMILES string of the molecule is Cc1ccc(-n2nc(C3CC3)nc2CCNS(C)(=O)=O)cc1C. The number of benzene rings is 1. The number of nitrogens with zero attached hydrogens (tertiary/aromatic N) is 3. The molecule has 0 atom stereocenters. The van der Waals surface area contributed by atoms with Crippen molar-refractivity contribution in [2.24, 2.45) is 0 Å². The van der Waals surface area contributed by atoms with Crippen molar-refractivity contribution in [3.63, 3.8) is 0 Å². The van der Waals surface area contributed by atoms with Gasteiger partial charge in [-0.1, -0.05) is 6.07 Å². The van der Waals surface area contributed by atoms with Gasteiger partial charge < -0.3 is 0 Å². The number of nitrogens with one attached hydrogen (secondary N) is 1. The lowest BCUT2D eigenvalue weighted by atomic mass is 10.1. The molecule has 2 aromatic rings. The average molecular weight is 334 g/mol. The maximum atomic E-state index is 11.2. The molecule has 0 spiro atoms. The molecular formula is C16H22N4O2S. The molecule has 1 heterocycles. The van der Waals surface area contributed by atoms with Gasteiger partial charge in [-0.15, -0.1) is 0 Å². The van der Waals surface area contributed by atoms with Gasteiger partial charge in [0.2, 0.25) is 10.0 Å². The first-order valence-corrected chi connectivity index (χ1v) is 9.71. The summed E-state index contributed by atoms with van der Waals surface area (Å²) in [5.41, 5.74) is 3.41. The van der Waals surface area contributed by atoms with E-state index in [1.54, 1.807) is 0 Å². The van der Waals surface area contributed by atoms with Crippen molar-refractivity contribution >= 4 is 10.0 Å². The second kappa shape index (κ2) is 6.05. The minimum Gasteiger partial charge on any atom is -0.218 e. The van der Waals surface area contributed by atoms with Gasteiger partial charge in [-0.3, -0.25) is 0 Å². The first-order chi connectivity index (χ1) is 10.8. The van der Waals surface area contributed by atoms with Crippen molar-refractivity contribution < 1.29 is 8.42 Å². The highest BCUT2D eigenvalue weighted by atomic mass is 32.2. The van der Waals surface area contributed by atoms with Gasteiger partial charge in [0.25, 0.3) is 0 Å². The van der Waals surface area contributed by atoms with Crippen LogP contribution in [-0.2, 0) is 16.4 Å². The second-order valence-electron chi connectivity index (χ2n) is 6.26. The van der Waals surface area contributed by atoms with Crippen LogP contribution in [0.25, 0.3) is 5.69 Å². The molecule has 0 unspecified atom stereocenters. The summed E-state index contributed by atoms with van der Waals surface area (Å²) >= 11 is 0. The van der Waals surface area contributed by atoms with Crippen molar-refractivity contribution in [1.82, 2.24) is 19.5 Å². The largest absolute Gasteiger partial charge is 0.218 e. The summed E-state index contributed by atoms with van der Waals surface area (Å²) in [7, 11) is -3.19. The van der Waals surface area contributed by atoms with E-state index in [1.807, 2.05) is 10.7 Å². The summed E-state index contributed by atoms with van der Waals surface area (Å²) in [6.45, 7) is 4.47. The molecule has 7 heteroatoms. The van der Waals surface area contributed by atoms with Gasteiger partial charge in [-0.25, -0.2) is 22.8 Å². The van der Waals surface area contributed by atoms with Gasteiger partial charge in [-0.05, 0) is 49.9 Å². The smallest absolute Gasteiger partial charge is 0.208 e. The first-order valence-electron chi connectivity index (χ1n) is 7.81. The van der Waals surface area contributed by atoms with E-state index < -0.39 is 10.0 Å². The molecule has 0 amide bonds. The maximum Gasteiger partial charge on any atom is 0.208 e. The number of sulfonamides is 1. The summed E-state index contributed by atoms with van der Waals surface area (Å²) in [4.78, 5) is 4.64. The predicted molar refractivity (Wildman–Crippen MR) is 89.4 cm³/mol. The van der Waals surface area contributed by atoms with Gasteiger partial charge in [0, 0.05) is 18.9 Å². The molecule has 1 saturated carbocycles. The van der Waals surface area contributed by atoms with Gasteiger partial charge in [0.15, 0.2) is 5.82 Å². The molecule has 1 fully saturated rings. The van der Waals surface area contributed by atoms with E-state index in [9.17, 15) is 8.42 Å². The molecule has 124 valence electrons. The zero-order chi connectivity index (χ0) is 16.6. The van der Waals surface area contributed by atoms with E-state index in [2.05, 4.69) is 40.8 Å². The van der Waals surface area contributed by atoms with Crippen LogP contribution in [0.15, 0.2) is 18.2 Å². The van der Waals surface area contributed by atoms with Crippen molar-refractivity contribution in [3.8, 4) is 5.69 Å². The molecule has 1 aliphatic rings. The summed E-state index contributed by atoms with van der Waals surface area (Å²) in [6.07, 6.45) is 3.95. The molecule has 0 bridgehead atoms. The molecule has 0 saturated heterocycles. The Bertz CT molecular complexity index is 823. The van der Waals surface area contributed by atoms with Crippen molar-refractivity contribution in [1.29, 1.82) is 0 Å². The van der Waals surface area contributed by atoms with Gasteiger partial charge in [0.1, 0.15) is 5.82 Å². The van der Waals surface area contributed by atoms with Crippen LogP contribution in [-0.4, -0.2) is 36.0 Å². The molecule has 0 aliphatic heterocycles. The first kappa shape index (κ1) is 16.1.